The molecule has 1 aromatic heterocycles. The summed E-state index contributed by atoms with van der Waals surface area (Å²) in [5.41, 5.74) is 3.30. The molecule has 0 radical (unpaired) electrons. The number of carbonyl (C=O) groups is 1. The van der Waals surface area contributed by atoms with E-state index in [1.54, 1.807) is 19.1 Å². The van der Waals surface area contributed by atoms with Gasteiger partial charge in [0.1, 0.15) is 17.0 Å². The zero-order valence-corrected chi connectivity index (χ0v) is 15.4. The van der Waals surface area contributed by atoms with Gasteiger partial charge in [-0.25, -0.2) is 0 Å². The number of halogens is 2. The molecule has 0 unspecified atom stereocenters. The number of carbonyl (C=O) groups excluding carboxylic acids is 1. The van der Waals surface area contributed by atoms with Gasteiger partial charge in [0.2, 0.25) is 0 Å². The maximum atomic E-state index is 12.8. The predicted octanol–water partition coefficient (Wildman–Crippen LogP) is 5.63. The summed E-state index contributed by atoms with van der Waals surface area (Å²) in [5, 5.41) is 7.49. The Bertz CT molecular complexity index is 921. The van der Waals surface area contributed by atoms with Crippen LogP contribution in [-0.2, 0) is 0 Å². The standard InChI is InChI=1S/C18H14BrClN2O2/c1-10-6-7-14(20)9-15(10)21-18(23)16-11(2)24-22-17(16)12-4-3-5-13(19)8-12/h3-9H,1-2H3,(H,21,23). The zero-order chi connectivity index (χ0) is 17.3. The molecular weight excluding hydrogens is 392 g/mol. The number of amides is 1. The maximum absolute atomic E-state index is 12.8. The van der Waals surface area contributed by atoms with Gasteiger partial charge < -0.3 is 9.84 Å². The van der Waals surface area contributed by atoms with Gasteiger partial charge in [0, 0.05) is 20.7 Å². The first-order valence-corrected chi connectivity index (χ1v) is 8.42. The molecule has 3 rings (SSSR count). The molecule has 0 aliphatic carbocycles. The summed E-state index contributed by atoms with van der Waals surface area (Å²) in [7, 11) is 0. The largest absolute Gasteiger partial charge is 0.360 e. The number of benzene rings is 2. The quantitative estimate of drug-likeness (QED) is 0.614. The molecule has 0 atom stereocenters. The van der Waals surface area contributed by atoms with Gasteiger partial charge in [0.15, 0.2) is 0 Å². The van der Waals surface area contributed by atoms with Crippen molar-refractivity contribution in [3.8, 4) is 11.3 Å². The van der Waals surface area contributed by atoms with Crippen molar-refractivity contribution in [3.63, 3.8) is 0 Å². The Kier molecular flexibility index (Phi) is 4.73. The Morgan fingerprint density at radius 3 is 2.75 bits per heavy atom. The molecule has 3 aromatic rings. The molecule has 0 aliphatic heterocycles. The molecule has 0 saturated carbocycles. The predicted molar refractivity (Wildman–Crippen MR) is 98.5 cm³/mol. The molecule has 2 aromatic carbocycles. The van der Waals surface area contributed by atoms with Crippen molar-refractivity contribution in [1.29, 1.82) is 0 Å². The molecule has 0 spiro atoms. The van der Waals surface area contributed by atoms with Crippen LogP contribution < -0.4 is 5.32 Å². The lowest BCUT2D eigenvalue weighted by atomic mass is 10.1. The van der Waals surface area contributed by atoms with Crippen LogP contribution in [0.5, 0.6) is 0 Å². The highest BCUT2D eigenvalue weighted by molar-refractivity contribution is 9.10. The lowest BCUT2D eigenvalue weighted by Crippen LogP contribution is -2.14. The summed E-state index contributed by atoms with van der Waals surface area (Å²) in [4.78, 5) is 12.8. The molecule has 0 aliphatic rings. The van der Waals surface area contributed by atoms with E-state index in [-0.39, 0.29) is 5.91 Å². The van der Waals surface area contributed by atoms with Crippen LogP contribution >= 0.6 is 27.5 Å². The molecule has 1 N–H and O–H groups in total. The number of aryl methyl sites for hydroxylation is 2. The van der Waals surface area contributed by atoms with Crippen LogP contribution in [-0.4, -0.2) is 11.1 Å². The van der Waals surface area contributed by atoms with E-state index in [1.165, 1.54) is 0 Å². The van der Waals surface area contributed by atoms with Crippen LogP contribution in [0.1, 0.15) is 21.7 Å². The van der Waals surface area contributed by atoms with Crippen LogP contribution in [0.25, 0.3) is 11.3 Å². The Labute approximate surface area is 152 Å². The monoisotopic (exact) mass is 404 g/mol. The van der Waals surface area contributed by atoms with Crippen molar-refractivity contribution in [2.24, 2.45) is 0 Å². The van der Waals surface area contributed by atoms with Gasteiger partial charge in [-0.1, -0.05) is 50.9 Å². The van der Waals surface area contributed by atoms with E-state index in [0.717, 1.165) is 15.6 Å². The number of anilines is 1. The molecule has 24 heavy (non-hydrogen) atoms. The Morgan fingerprint density at radius 2 is 2.00 bits per heavy atom. The van der Waals surface area contributed by atoms with Crippen LogP contribution in [0.2, 0.25) is 5.02 Å². The van der Waals surface area contributed by atoms with E-state index in [0.29, 0.717) is 27.7 Å². The third kappa shape index (κ3) is 3.37. The first-order chi connectivity index (χ1) is 11.5. The van der Waals surface area contributed by atoms with Gasteiger partial charge >= 0.3 is 0 Å². The summed E-state index contributed by atoms with van der Waals surface area (Å²) in [6.45, 7) is 3.62. The average Bonchev–Trinajstić information content (AvgIpc) is 2.93. The van der Waals surface area contributed by atoms with Crippen molar-refractivity contribution in [1.82, 2.24) is 5.16 Å². The minimum Gasteiger partial charge on any atom is -0.360 e. The second-order valence-corrected chi connectivity index (χ2v) is 6.74. The van der Waals surface area contributed by atoms with E-state index in [9.17, 15) is 4.79 Å². The van der Waals surface area contributed by atoms with Crippen molar-refractivity contribution in [3.05, 3.63) is 68.8 Å². The van der Waals surface area contributed by atoms with E-state index in [1.807, 2.05) is 37.3 Å². The Hall–Kier alpha value is -2.11. The van der Waals surface area contributed by atoms with E-state index in [2.05, 4.69) is 26.4 Å². The Morgan fingerprint density at radius 1 is 1.21 bits per heavy atom. The third-order valence-corrected chi connectivity index (χ3v) is 4.36. The second kappa shape index (κ2) is 6.79. The SMILES string of the molecule is Cc1ccc(Cl)cc1NC(=O)c1c(-c2cccc(Br)c2)noc1C. The normalized spacial score (nSPS) is 10.7. The molecule has 6 heteroatoms. The number of aromatic nitrogens is 1. The van der Waals surface area contributed by atoms with Gasteiger partial charge in [-0.2, -0.15) is 0 Å². The van der Waals surface area contributed by atoms with Gasteiger partial charge in [0.25, 0.3) is 5.91 Å². The highest BCUT2D eigenvalue weighted by Gasteiger charge is 2.22. The van der Waals surface area contributed by atoms with Crippen molar-refractivity contribution < 1.29 is 9.32 Å². The molecule has 0 saturated heterocycles. The minimum atomic E-state index is -0.283. The van der Waals surface area contributed by atoms with E-state index < -0.39 is 0 Å². The molecule has 4 nitrogen and oxygen atoms in total. The summed E-state index contributed by atoms with van der Waals surface area (Å²) < 4.78 is 6.15. The lowest BCUT2D eigenvalue weighted by Gasteiger charge is -2.09. The van der Waals surface area contributed by atoms with Gasteiger partial charge in [-0.05, 0) is 43.7 Å². The number of hydrogen-bond donors (Lipinski definition) is 1. The number of nitrogens with zero attached hydrogens (tertiary/aromatic N) is 1. The van der Waals surface area contributed by atoms with Gasteiger partial charge in [0.05, 0.1) is 0 Å². The van der Waals surface area contributed by atoms with Crippen LogP contribution in [0.15, 0.2) is 51.5 Å². The van der Waals surface area contributed by atoms with Crippen LogP contribution in [0.4, 0.5) is 5.69 Å². The van der Waals surface area contributed by atoms with E-state index >= 15 is 0 Å². The first kappa shape index (κ1) is 16.7. The number of rotatable bonds is 3. The Balaban J connectivity index is 1.99. The van der Waals surface area contributed by atoms with E-state index in [4.69, 9.17) is 16.1 Å². The highest BCUT2D eigenvalue weighted by Crippen LogP contribution is 2.29. The van der Waals surface area contributed by atoms with Gasteiger partial charge in [-0.15, -0.1) is 0 Å². The fourth-order valence-electron chi connectivity index (χ4n) is 2.39. The molecule has 1 amide bonds. The minimum absolute atomic E-state index is 0.283. The lowest BCUT2D eigenvalue weighted by molar-refractivity contribution is 0.102. The molecular formula is C18H14BrClN2O2. The fourth-order valence-corrected chi connectivity index (χ4v) is 2.96. The maximum Gasteiger partial charge on any atom is 0.261 e. The number of nitrogens with one attached hydrogen (secondary N) is 1. The zero-order valence-electron chi connectivity index (χ0n) is 13.1. The van der Waals surface area contributed by atoms with Crippen molar-refractivity contribution in [2.75, 3.05) is 5.32 Å². The summed E-state index contributed by atoms with van der Waals surface area (Å²) in [6, 6.07) is 12.9. The first-order valence-electron chi connectivity index (χ1n) is 7.25. The van der Waals surface area contributed by atoms with Crippen LogP contribution in [0.3, 0.4) is 0 Å². The van der Waals surface area contributed by atoms with Gasteiger partial charge in [-0.3, -0.25) is 4.79 Å². The van der Waals surface area contributed by atoms with Crippen molar-refractivity contribution in [2.45, 2.75) is 13.8 Å². The van der Waals surface area contributed by atoms with Crippen LogP contribution in [0, 0.1) is 13.8 Å². The van der Waals surface area contributed by atoms with Crippen molar-refractivity contribution >= 4 is 39.1 Å². The topological polar surface area (TPSA) is 55.1 Å². The molecule has 0 fully saturated rings. The molecule has 122 valence electrons. The highest BCUT2D eigenvalue weighted by atomic mass is 79.9. The second-order valence-electron chi connectivity index (χ2n) is 5.39. The average molecular weight is 406 g/mol. The summed E-state index contributed by atoms with van der Waals surface area (Å²) in [5.74, 6) is 0.177. The number of hydrogen-bond acceptors (Lipinski definition) is 3. The summed E-state index contributed by atoms with van der Waals surface area (Å²) in [6.07, 6.45) is 0. The fraction of sp³-hybridized carbons (Fsp3) is 0.111. The molecule has 0 bridgehead atoms. The summed E-state index contributed by atoms with van der Waals surface area (Å²) >= 11 is 9.44. The third-order valence-electron chi connectivity index (χ3n) is 3.64. The molecule has 1 heterocycles. The smallest absolute Gasteiger partial charge is 0.261 e.